The number of pyridine rings is 1. The molecule has 3 heteroatoms. The van der Waals surface area contributed by atoms with Crippen LogP contribution in [0.15, 0.2) is 128 Å². The van der Waals surface area contributed by atoms with Crippen LogP contribution in [-0.4, -0.2) is 9.55 Å². The molecular formula is C33H21IrN2-. The maximum Gasteiger partial charge on any atom is 0.0541 e. The van der Waals surface area contributed by atoms with Gasteiger partial charge in [-0.1, -0.05) is 72.8 Å². The molecule has 0 unspecified atom stereocenters. The van der Waals surface area contributed by atoms with Crippen LogP contribution in [0.2, 0.25) is 0 Å². The van der Waals surface area contributed by atoms with Gasteiger partial charge in [0.1, 0.15) is 0 Å². The average Bonchev–Trinajstić information content (AvgIpc) is 3.27. The van der Waals surface area contributed by atoms with E-state index in [1.165, 1.54) is 32.8 Å². The summed E-state index contributed by atoms with van der Waals surface area (Å²) in [5.74, 6) is 0. The van der Waals surface area contributed by atoms with Gasteiger partial charge in [-0.3, -0.25) is 0 Å². The van der Waals surface area contributed by atoms with Gasteiger partial charge in [0.2, 0.25) is 0 Å². The number of hydrogen-bond acceptors (Lipinski definition) is 1. The SMILES string of the molecule is [Ir].[c-]1ccc(-c2ccc(-n3c4ccccc4c4ccccc43)cc2)cc1-c1nccc2ccccc12. The van der Waals surface area contributed by atoms with Crippen molar-refractivity contribution in [2.75, 3.05) is 0 Å². The first kappa shape index (κ1) is 22.4. The van der Waals surface area contributed by atoms with Crippen LogP contribution in [0.3, 0.4) is 0 Å². The first-order valence-corrected chi connectivity index (χ1v) is 11.8. The van der Waals surface area contributed by atoms with Gasteiger partial charge in [-0.05, 0) is 52.4 Å². The normalized spacial score (nSPS) is 11.1. The number of hydrogen-bond donors (Lipinski definition) is 0. The molecule has 0 atom stereocenters. The van der Waals surface area contributed by atoms with E-state index in [-0.39, 0.29) is 20.1 Å². The van der Waals surface area contributed by atoms with E-state index in [1.807, 2.05) is 12.3 Å². The molecule has 5 aromatic carbocycles. The average molecular weight is 638 g/mol. The first-order chi connectivity index (χ1) is 17.4. The summed E-state index contributed by atoms with van der Waals surface area (Å²) in [6, 6.07) is 46.2. The maximum absolute atomic E-state index is 4.68. The Balaban J connectivity index is 0.00000240. The van der Waals surface area contributed by atoms with Gasteiger partial charge in [0.15, 0.2) is 0 Å². The Bertz CT molecular complexity index is 1790. The fraction of sp³-hybridized carbons (Fsp3) is 0. The number of aromatic nitrogens is 2. The number of nitrogens with zero attached hydrogens (tertiary/aromatic N) is 2. The molecule has 0 N–H and O–H groups in total. The summed E-state index contributed by atoms with van der Waals surface area (Å²) < 4.78 is 2.35. The van der Waals surface area contributed by atoms with Crippen molar-refractivity contribution < 1.29 is 20.1 Å². The van der Waals surface area contributed by atoms with Crippen LogP contribution in [0, 0.1) is 6.07 Å². The van der Waals surface area contributed by atoms with E-state index in [0.717, 1.165) is 27.9 Å². The zero-order valence-corrected chi connectivity index (χ0v) is 21.7. The van der Waals surface area contributed by atoms with Gasteiger partial charge in [0.05, 0.1) is 11.0 Å². The number of benzene rings is 5. The maximum atomic E-state index is 4.68. The van der Waals surface area contributed by atoms with Crippen molar-refractivity contribution in [3.8, 4) is 28.1 Å². The molecule has 7 aromatic rings. The van der Waals surface area contributed by atoms with Gasteiger partial charge in [-0.2, -0.15) is 0 Å². The number of fused-ring (bicyclic) bond motifs is 4. The predicted octanol–water partition coefficient (Wildman–Crippen LogP) is 8.46. The fourth-order valence-electron chi connectivity index (χ4n) is 5.12. The minimum Gasteiger partial charge on any atom is -0.309 e. The second kappa shape index (κ2) is 9.20. The Morgan fingerprint density at radius 1 is 0.583 bits per heavy atom. The second-order valence-corrected chi connectivity index (χ2v) is 8.79. The molecule has 2 heterocycles. The molecule has 0 saturated carbocycles. The number of para-hydroxylation sites is 2. The molecule has 0 aliphatic heterocycles. The van der Waals surface area contributed by atoms with Crippen molar-refractivity contribution in [3.05, 3.63) is 134 Å². The van der Waals surface area contributed by atoms with Crippen molar-refractivity contribution in [1.82, 2.24) is 9.55 Å². The van der Waals surface area contributed by atoms with E-state index in [9.17, 15) is 0 Å². The van der Waals surface area contributed by atoms with Crippen LogP contribution >= 0.6 is 0 Å². The summed E-state index contributed by atoms with van der Waals surface area (Å²) in [4.78, 5) is 4.68. The van der Waals surface area contributed by atoms with Crippen LogP contribution < -0.4 is 0 Å². The largest absolute Gasteiger partial charge is 0.309 e. The molecule has 1 radical (unpaired) electrons. The van der Waals surface area contributed by atoms with Crippen molar-refractivity contribution in [2.45, 2.75) is 0 Å². The van der Waals surface area contributed by atoms with Gasteiger partial charge in [-0.15, -0.1) is 35.4 Å². The topological polar surface area (TPSA) is 17.8 Å². The van der Waals surface area contributed by atoms with Crippen molar-refractivity contribution >= 4 is 32.6 Å². The Morgan fingerprint density at radius 2 is 1.22 bits per heavy atom. The van der Waals surface area contributed by atoms with Crippen LogP contribution in [0.5, 0.6) is 0 Å². The summed E-state index contributed by atoms with van der Waals surface area (Å²) in [6.45, 7) is 0. The molecule has 36 heavy (non-hydrogen) atoms. The Kier molecular flexibility index (Phi) is 5.73. The van der Waals surface area contributed by atoms with Gasteiger partial charge < -0.3 is 9.55 Å². The smallest absolute Gasteiger partial charge is 0.0541 e. The van der Waals surface area contributed by atoms with Crippen LogP contribution in [0.1, 0.15) is 0 Å². The van der Waals surface area contributed by atoms with Crippen molar-refractivity contribution in [2.24, 2.45) is 0 Å². The molecule has 2 nitrogen and oxygen atoms in total. The monoisotopic (exact) mass is 638 g/mol. The van der Waals surface area contributed by atoms with Gasteiger partial charge in [0.25, 0.3) is 0 Å². The zero-order valence-electron chi connectivity index (χ0n) is 19.4. The molecule has 0 aliphatic carbocycles. The summed E-state index contributed by atoms with van der Waals surface area (Å²) in [5.41, 5.74) is 7.90. The van der Waals surface area contributed by atoms with E-state index in [0.29, 0.717) is 0 Å². The molecular weight excluding hydrogens is 617 g/mol. The Labute approximate surface area is 223 Å². The molecule has 0 aliphatic rings. The quantitative estimate of drug-likeness (QED) is 0.178. The van der Waals surface area contributed by atoms with Crippen LogP contribution in [0.4, 0.5) is 0 Å². The Morgan fingerprint density at radius 3 is 1.94 bits per heavy atom. The molecule has 0 fully saturated rings. The van der Waals surface area contributed by atoms with Crippen LogP contribution in [0.25, 0.3) is 60.6 Å². The first-order valence-electron chi connectivity index (χ1n) is 11.8. The standard InChI is InChI=1S/C33H21N2.Ir/c1-2-11-28-24(8-1)20-21-34-33(28)26-10-7-9-25(22-26)23-16-18-27(19-17-23)35-31-14-5-3-12-29(31)30-13-4-6-15-32(30)35;/h1-9,11-22H;/q-1;. The van der Waals surface area contributed by atoms with E-state index in [2.05, 4.69) is 131 Å². The summed E-state index contributed by atoms with van der Waals surface area (Å²) in [6.07, 6.45) is 1.87. The third-order valence-corrected chi connectivity index (χ3v) is 6.77. The minimum atomic E-state index is 0. The van der Waals surface area contributed by atoms with E-state index in [4.69, 9.17) is 0 Å². The molecule has 0 amide bonds. The van der Waals surface area contributed by atoms with Crippen molar-refractivity contribution in [3.63, 3.8) is 0 Å². The summed E-state index contributed by atoms with van der Waals surface area (Å²) in [7, 11) is 0. The second-order valence-electron chi connectivity index (χ2n) is 8.79. The molecule has 7 rings (SSSR count). The van der Waals surface area contributed by atoms with Crippen molar-refractivity contribution in [1.29, 1.82) is 0 Å². The van der Waals surface area contributed by atoms with E-state index < -0.39 is 0 Å². The van der Waals surface area contributed by atoms with E-state index >= 15 is 0 Å². The molecule has 2 aromatic heterocycles. The summed E-state index contributed by atoms with van der Waals surface area (Å²) in [5, 5.41) is 4.88. The third-order valence-electron chi connectivity index (χ3n) is 6.77. The third kappa shape index (κ3) is 3.65. The molecule has 0 bridgehead atoms. The molecule has 0 spiro atoms. The fourth-order valence-corrected chi connectivity index (χ4v) is 5.12. The Hall–Kier alpha value is -4.04. The minimum absolute atomic E-state index is 0. The zero-order chi connectivity index (χ0) is 23.2. The van der Waals surface area contributed by atoms with Gasteiger partial charge >= 0.3 is 0 Å². The number of rotatable bonds is 3. The molecule has 0 saturated heterocycles. The molecule has 173 valence electrons. The van der Waals surface area contributed by atoms with E-state index in [1.54, 1.807) is 0 Å². The van der Waals surface area contributed by atoms with Crippen LogP contribution in [-0.2, 0) is 20.1 Å². The predicted molar refractivity (Wildman–Crippen MR) is 146 cm³/mol. The van der Waals surface area contributed by atoms with Gasteiger partial charge in [-0.25, -0.2) is 0 Å². The van der Waals surface area contributed by atoms with Gasteiger partial charge in [0, 0.05) is 42.8 Å². The summed E-state index contributed by atoms with van der Waals surface area (Å²) >= 11 is 0.